The van der Waals surface area contributed by atoms with E-state index in [2.05, 4.69) is 9.69 Å². The summed E-state index contributed by atoms with van der Waals surface area (Å²) in [6, 6.07) is 23.1. The summed E-state index contributed by atoms with van der Waals surface area (Å²) in [4.78, 5) is 43.2. The second-order valence-electron chi connectivity index (χ2n) is 9.24. The Bertz CT molecular complexity index is 1470. The molecule has 4 rings (SSSR count). The number of hydrogen-bond acceptors (Lipinski definition) is 7. The van der Waals surface area contributed by atoms with E-state index < -0.39 is 17.9 Å². The van der Waals surface area contributed by atoms with Crippen molar-refractivity contribution in [2.45, 2.75) is 19.5 Å². The summed E-state index contributed by atoms with van der Waals surface area (Å²) in [5, 5.41) is 2.98. The Morgan fingerprint density at radius 3 is 2.10 bits per heavy atom. The van der Waals surface area contributed by atoms with Crippen molar-refractivity contribution in [2.75, 3.05) is 29.6 Å². The van der Waals surface area contributed by atoms with Gasteiger partial charge in [-0.15, -0.1) is 0 Å². The predicted molar refractivity (Wildman–Crippen MR) is 155 cm³/mol. The van der Waals surface area contributed by atoms with Crippen molar-refractivity contribution < 1.29 is 14.4 Å². The van der Waals surface area contributed by atoms with Crippen LogP contribution in [0.1, 0.15) is 42.9 Å². The van der Waals surface area contributed by atoms with Crippen LogP contribution in [0.5, 0.6) is 0 Å². The zero-order valence-corrected chi connectivity index (χ0v) is 22.7. The second-order valence-corrected chi connectivity index (χ2v) is 10.0. The van der Waals surface area contributed by atoms with Gasteiger partial charge in [-0.1, -0.05) is 60.2 Å². The van der Waals surface area contributed by atoms with E-state index >= 15 is 0 Å². The summed E-state index contributed by atoms with van der Waals surface area (Å²) in [6.45, 7) is 2.21. The molecule has 0 bridgehead atoms. The lowest BCUT2D eigenvalue weighted by molar-refractivity contribution is -0.122. The minimum atomic E-state index is -1.06. The van der Waals surface area contributed by atoms with E-state index in [0.717, 1.165) is 28.3 Å². The molecule has 3 aromatic carbocycles. The zero-order valence-electron chi connectivity index (χ0n) is 21.9. The van der Waals surface area contributed by atoms with E-state index in [1.165, 1.54) is 4.90 Å². The number of carbonyl (C=O) groups is 3. The molecule has 5 N–H and O–H groups in total. The second kappa shape index (κ2) is 11.8. The topological polar surface area (TPSA) is 135 Å². The number of nitrogens with zero attached hydrogens (tertiary/aromatic N) is 3. The summed E-state index contributed by atoms with van der Waals surface area (Å²) in [7, 11) is 3.84. The Kier molecular flexibility index (Phi) is 8.26. The summed E-state index contributed by atoms with van der Waals surface area (Å²) in [5.41, 5.74) is 15.2. The molecule has 10 heteroatoms. The van der Waals surface area contributed by atoms with E-state index in [0.29, 0.717) is 11.3 Å². The van der Waals surface area contributed by atoms with Gasteiger partial charge in [0, 0.05) is 32.0 Å². The third kappa shape index (κ3) is 6.07. The van der Waals surface area contributed by atoms with Crippen LogP contribution in [0.4, 0.5) is 17.1 Å². The molecule has 1 unspecified atom stereocenters. The third-order valence-corrected chi connectivity index (χ3v) is 7.08. The van der Waals surface area contributed by atoms with Crippen LogP contribution in [-0.2, 0) is 11.3 Å². The number of amides is 3. The summed E-state index contributed by atoms with van der Waals surface area (Å²) < 4.78 is 4.00. The minimum absolute atomic E-state index is 0.0233. The number of nitrogens with two attached hydrogens (primary N) is 2. The van der Waals surface area contributed by atoms with E-state index in [1.54, 1.807) is 12.1 Å². The minimum Gasteiger partial charge on any atom is -0.395 e. The van der Waals surface area contributed by atoms with Gasteiger partial charge >= 0.3 is 0 Å². The molecule has 0 spiro atoms. The zero-order chi connectivity index (χ0) is 28.1. The van der Waals surface area contributed by atoms with Gasteiger partial charge in [0.15, 0.2) is 5.69 Å². The molecular weight excluding hydrogens is 512 g/mol. The van der Waals surface area contributed by atoms with E-state index in [-0.39, 0.29) is 28.7 Å². The van der Waals surface area contributed by atoms with Crippen LogP contribution in [0.15, 0.2) is 78.9 Å². The van der Waals surface area contributed by atoms with Crippen molar-refractivity contribution in [3.05, 3.63) is 106 Å². The van der Waals surface area contributed by atoms with Crippen molar-refractivity contribution in [2.24, 2.45) is 5.73 Å². The van der Waals surface area contributed by atoms with Gasteiger partial charge in [0.1, 0.15) is 10.9 Å². The number of aryl methyl sites for hydroxylation is 1. The number of benzene rings is 3. The maximum atomic E-state index is 14.1. The molecule has 0 saturated carbocycles. The highest BCUT2D eigenvalue weighted by atomic mass is 32.1. The lowest BCUT2D eigenvalue weighted by atomic mass is 10.0. The maximum absolute atomic E-state index is 14.1. The number of nitrogens with one attached hydrogen (secondary N) is 1. The molecule has 1 heterocycles. The van der Waals surface area contributed by atoms with Gasteiger partial charge in [-0.05, 0) is 53.8 Å². The largest absolute Gasteiger partial charge is 0.395 e. The van der Waals surface area contributed by atoms with E-state index in [4.69, 9.17) is 11.5 Å². The van der Waals surface area contributed by atoms with E-state index in [9.17, 15) is 14.4 Å². The average molecular weight is 543 g/mol. The van der Waals surface area contributed by atoms with Crippen molar-refractivity contribution in [1.82, 2.24) is 9.69 Å². The van der Waals surface area contributed by atoms with Gasteiger partial charge in [0.05, 0.1) is 5.69 Å². The molecule has 0 saturated heterocycles. The molecule has 0 aliphatic carbocycles. The van der Waals surface area contributed by atoms with Crippen LogP contribution in [0.2, 0.25) is 0 Å². The lowest BCUT2D eigenvalue weighted by Gasteiger charge is -2.31. The Morgan fingerprint density at radius 2 is 1.54 bits per heavy atom. The molecule has 1 atom stereocenters. The van der Waals surface area contributed by atoms with Crippen LogP contribution in [-0.4, -0.2) is 36.2 Å². The van der Waals surface area contributed by atoms with Gasteiger partial charge in [-0.3, -0.25) is 19.3 Å². The Balaban J connectivity index is 1.83. The van der Waals surface area contributed by atoms with Crippen molar-refractivity contribution in [1.29, 1.82) is 0 Å². The third-order valence-electron chi connectivity index (χ3n) is 6.23. The number of nitrogen functional groups attached to an aromatic ring is 1. The SMILES string of the molecule is Cc1ccc(N(C(=O)c2snc(C(N)=O)c2N)C(C(=O)NCc2ccccc2)c2ccc(N(C)C)cc2)cc1. The fourth-order valence-electron chi connectivity index (χ4n) is 4.08. The summed E-state index contributed by atoms with van der Waals surface area (Å²) >= 11 is 0.774. The molecule has 39 heavy (non-hydrogen) atoms. The maximum Gasteiger partial charge on any atom is 0.273 e. The standard InChI is InChI=1S/C29H30N6O3S/c1-18-9-13-22(14-10-18)35(29(38)26-23(30)24(27(31)36)33-39-26)25(20-11-15-21(16-12-20)34(2)3)28(37)32-17-19-7-5-4-6-8-19/h4-16,25H,17,30H2,1-3H3,(H2,31,36)(H,32,37). The fraction of sp³-hybridized carbons (Fsp3) is 0.172. The van der Waals surface area contributed by atoms with Crippen LogP contribution in [0, 0.1) is 6.92 Å². The molecule has 0 radical (unpaired) electrons. The van der Waals surface area contributed by atoms with Crippen LogP contribution in [0.25, 0.3) is 0 Å². The van der Waals surface area contributed by atoms with Gasteiger partial charge < -0.3 is 21.7 Å². The normalized spacial score (nSPS) is 11.5. The Hall–Kier alpha value is -4.70. The number of carbonyl (C=O) groups excluding carboxylic acids is 3. The van der Waals surface area contributed by atoms with Gasteiger partial charge in [-0.25, -0.2) is 0 Å². The summed E-state index contributed by atoms with van der Waals surface area (Å²) in [6.07, 6.45) is 0. The number of aromatic nitrogens is 1. The van der Waals surface area contributed by atoms with Crippen LogP contribution < -0.4 is 26.6 Å². The lowest BCUT2D eigenvalue weighted by Crippen LogP contribution is -2.44. The average Bonchev–Trinajstić information content (AvgIpc) is 3.33. The number of primary amides is 1. The molecule has 3 amide bonds. The quantitative estimate of drug-likeness (QED) is 0.294. The molecule has 4 aromatic rings. The molecule has 0 fully saturated rings. The van der Waals surface area contributed by atoms with Crippen molar-refractivity contribution >= 4 is 46.3 Å². The van der Waals surface area contributed by atoms with Gasteiger partial charge in [0.25, 0.3) is 11.8 Å². The smallest absolute Gasteiger partial charge is 0.273 e. The first-order chi connectivity index (χ1) is 18.7. The highest BCUT2D eigenvalue weighted by Gasteiger charge is 2.36. The molecule has 200 valence electrons. The molecule has 9 nitrogen and oxygen atoms in total. The first-order valence-electron chi connectivity index (χ1n) is 12.2. The highest BCUT2D eigenvalue weighted by Crippen LogP contribution is 2.34. The highest BCUT2D eigenvalue weighted by molar-refractivity contribution is 7.09. The molecule has 0 aliphatic heterocycles. The molecule has 0 aliphatic rings. The van der Waals surface area contributed by atoms with Crippen molar-refractivity contribution in [3.8, 4) is 0 Å². The first-order valence-corrected chi connectivity index (χ1v) is 13.0. The van der Waals surface area contributed by atoms with E-state index in [1.807, 2.05) is 92.6 Å². The predicted octanol–water partition coefficient (Wildman–Crippen LogP) is 3.90. The van der Waals surface area contributed by atoms with Crippen LogP contribution >= 0.6 is 11.5 Å². The first kappa shape index (κ1) is 27.3. The Labute approximate surface area is 231 Å². The van der Waals surface area contributed by atoms with Gasteiger partial charge in [0.2, 0.25) is 5.91 Å². The Morgan fingerprint density at radius 1 is 0.923 bits per heavy atom. The fourth-order valence-corrected chi connectivity index (χ4v) is 4.82. The monoisotopic (exact) mass is 542 g/mol. The van der Waals surface area contributed by atoms with Crippen LogP contribution in [0.3, 0.4) is 0 Å². The number of rotatable bonds is 9. The molecular formula is C29H30N6O3S. The number of anilines is 3. The summed E-state index contributed by atoms with van der Waals surface area (Å²) in [5.74, 6) is -1.79. The molecule has 1 aromatic heterocycles. The number of hydrogen-bond donors (Lipinski definition) is 3. The van der Waals surface area contributed by atoms with Gasteiger partial charge in [-0.2, -0.15) is 4.37 Å². The van der Waals surface area contributed by atoms with Crippen molar-refractivity contribution in [3.63, 3.8) is 0 Å².